The fourth-order valence-electron chi connectivity index (χ4n) is 3.24. The van der Waals surface area contributed by atoms with Crippen molar-refractivity contribution in [3.63, 3.8) is 0 Å². The van der Waals surface area contributed by atoms with Crippen molar-refractivity contribution in [3.8, 4) is 0 Å². The molecule has 2 fully saturated rings. The van der Waals surface area contributed by atoms with Gasteiger partial charge in [0.1, 0.15) is 6.17 Å². The van der Waals surface area contributed by atoms with E-state index in [4.69, 9.17) is 0 Å². The molecule has 4 atom stereocenters. The third-order valence-corrected chi connectivity index (χ3v) is 4.33. The third-order valence-electron chi connectivity index (χ3n) is 4.33. The summed E-state index contributed by atoms with van der Waals surface area (Å²) in [6, 6.07) is 10.7. The summed E-state index contributed by atoms with van der Waals surface area (Å²) in [5, 5.41) is 3.43. The average molecular weight is 258 g/mol. The third kappa shape index (κ3) is 2.27. The maximum absolute atomic E-state index is 12.4. The Morgan fingerprint density at radius 3 is 2.74 bits per heavy atom. The van der Waals surface area contributed by atoms with Crippen molar-refractivity contribution in [2.75, 3.05) is 0 Å². The zero-order valence-corrected chi connectivity index (χ0v) is 11.7. The monoisotopic (exact) mass is 258 g/mol. The van der Waals surface area contributed by atoms with Crippen molar-refractivity contribution in [1.29, 1.82) is 0 Å². The minimum absolute atomic E-state index is 0.0620. The lowest BCUT2D eigenvalue weighted by Crippen LogP contribution is -2.33. The van der Waals surface area contributed by atoms with Crippen molar-refractivity contribution in [1.82, 2.24) is 10.2 Å². The number of benzene rings is 1. The molecule has 1 aromatic rings. The number of nitrogens with one attached hydrogen (secondary N) is 1. The van der Waals surface area contributed by atoms with Gasteiger partial charge in [-0.25, -0.2) is 0 Å². The Labute approximate surface area is 115 Å². The molecule has 1 N–H and O–H groups in total. The normalized spacial score (nSPS) is 33.8. The number of rotatable bonds is 4. The Hall–Kier alpha value is -1.35. The summed E-state index contributed by atoms with van der Waals surface area (Å²) >= 11 is 0. The zero-order valence-electron chi connectivity index (χ0n) is 11.7. The van der Waals surface area contributed by atoms with Gasteiger partial charge >= 0.3 is 0 Å². The zero-order chi connectivity index (χ0) is 13.4. The van der Waals surface area contributed by atoms with Gasteiger partial charge in [-0.3, -0.25) is 10.1 Å². The minimum Gasteiger partial charge on any atom is -0.318 e. The summed E-state index contributed by atoms with van der Waals surface area (Å²) in [4.78, 5) is 14.5. The highest BCUT2D eigenvalue weighted by Gasteiger charge is 2.50. The molecule has 1 saturated carbocycles. The van der Waals surface area contributed by atoms with Gasteiger partial charge in [-0.15, -0.1) is 0 Å². The largest absolute Gasteiger partial charge is 0.318 e. The van der Waals surface area contributed by atoms with Gasteiger partial charge < -0.3 is 4.90 Å². The lowest BCUT2D eigenvalue weighted by atomic mass is 10.1. The van der Waals surface area contributed by atoms with Gasteiger partial charge in [0.2, 0.25) is 5.91 Å². The molecule has 4 unspecified atom stereocenters. The maximum Gasteiger partial charge on any atom is 0.241 e. The Morgan fingerprint density at radius 1 is 1.32 bits per heavy atom. The van der Waals surface area contributed by atoms with Crippen LogP contribution in [0.4, 0.5) is 0 Å². The molecule has 1 amide bonds. The fraction of sp³-hybridized carbons (Fsp3) is 0.562. The van der Waals surface area contributed by atoms with Crippen molar-refractivity contribution in [2.45, 2.75) is 51.4 Å². The van der Waals surface area contributed by atoms with E-state index in [2.05, 4.69) is 29.3 Å². The topological polar surface area (TPSA) is 32.3 Å². The van der Waals surface area contributed by atoms with E-state index in [9.17, 15) is 4.79 Å². The molecule has 102 valence electrons. The minimum atomic E-state index is -0.0620. The second kappa shape index (κ2) is 4.97. The van der Waals surface area contributed by atoms with E-state index < -0.39 is 0 Å². The summed E-state index contributed by atoms with van der Waals surface area (Å²) < 4.78 is 0. The van der Waals surface area contributed by atoms with Crippen LogP contribution >= 0.6 is 0 Å². The van der Waals surface area contributed by atoms with E-state index in [0.717, 1.165) is 0 Å². The first-order valence-corrected chi connectivity index (χ1v) is 7.35. The average Bonchev–Trinajstić information content (AvgIpc) is 3.11. The van der Waals surface area contributed by atoms with Crippen LogP contribution in [0.3, 0.4) is 0 Å². The van der Waals surface area contributed by atoms with Crippen LogP contribution in [-0.4, -0.2) is 22.9 Å². The van der Waals surface area contributed by atoms with Crippen LogP contribution in [0.25, 0.3) is 0 Å². The second-order valence-electron chi connectivity index (χ2n) is 5.80. The molecule has 1 aromatic carbocycles. The quantitative estimate of drug-likeness (QED) is 0.900. The molecule has 1 saturated heterocycles. The lowest BCUT2D eigenvalue weighted by molar-refractivity contribution is -0.130. The molecular formula is C16H22N2O. The standard InChI is InChI=1S/C16H22N2O/c1-3-7-13-10-14(13)18-15(17-11(2)16(18)19)12-8-5-4-6-9-12/h4-6,8-9,11,13-15,17H,3,7,10H2,1-2H3. The van der Waals surface area contributed by atoms with Gasteiger partial charge in [0.05, 0.1) is 6.04 Å². The highest BCUT2D eigenvalue weighted by atomic mass is 16.2. The summed E-state index contributed by atoms with van der Waals surface area (Å²) in [5.41, 5.74) is 1.20. The van der Waals surface area contributed by atoms with E-state index in [1.165, 1.54) is 24.8 Å². The Balaban J connectivity index is 1.81. The van der Waals surface area contributed by atoms with Gasteiger partial charge in [-0.05, 0) is 31.2 Å². The van der Waals surface area contributed by atoms with Crippen LogP contribution in [-0.2, 0) is 4.79 Å². The molecule has 1 heterocycles. The second-order valence-corrected chi connectivity index (χ2v) is 5.80. The Kier molecular flexibility index (Phi) is 3.31. The summed E-state index contributed by atoms with van der Waals surface area (Å²) in [7, 11) is 0. The van der Waals surface area contributed by atoms with E-state index in [0.29, 0.717) is 12.0 Å². The SMILES string of the molecule is CCCC1CC1N1C(=O)C(C)NC1c1ccccc1. The van der Waals surface area contributed by atoms with Crippen molar-refractivity contribution in [3.05, 3.63) is 35.9 Å². The van der Waals surface area contributed by atoms with E-state index >= 15 is 0 Å². The molecule has 2 aliphatic rings. The summed E-state index contributed by atoms with van der Waals surface area (Å²) in [6.45, 7) is 4.19. The molecule has 3 nitrogen and oxygen atoms in total. The van der Waals surface area contributed by atoms with Crippen LogP contribution in [0, 0.1) is 5.92 Å². The molecule has 0 bridgehead atoms. The van der Waals surface area contributed by atoms with Crippen molar-refractivity contribution >= 4 is 5.91 Å². The first-order valence-electron chi connectivity index (χ1n) is 7.35. The molecule has 0 spiro atoms. The predicted molar refractivity (Wildman–Crippen MR) is 75.4 cm³/mol. The lowest BCUT2D eigenvalue weighted by Gasteiger charge is -2.25. The number of hydrogen-bond acceptors (Lipinski definition) is 2. The molecule has 3 rings (SSSR count). The number of carbonyl (C=O) groups excluding carboxylic acids is 1. The van der Waals surface area contributed by atoms with E-state index in [1.54, 1.807) is 0 Å². The first-order chi connectivity index (χ1) is 9.22. The number of carbonyl (C=O) groups is 1. The van der Waals surface area contributed by atoms with Crippen LogP contribution in [0.2, 0.25) is 0 Å². The highest BCUT2D eigenvalue weighted by molar-refractivity contribution is 5.84. The smallest absolute Gasteiger partial charge is 0.241 e. The Morgan fingerprint density at radius 2 is 2.05 bits per heavy atom. The highest BCUT2D eigenvalue weighted by Crippen LogP contribution is 2.44. The van der Waals surface area contributed by atoms with Crippen LogP contribution in [0.5, 0.6) is 0 Å². The predicted octanol–water partition coefficient (Wildman–Crippen LogP) is 2.69. The van der Waals surface area contributed by atoms with Crippen LogP contribution in [0.1, 0.15) is 44.8 Å². The van der Waals surface area contributed by atoms with Gasteiger partial charge in [-0.1, -0.05) is 43.7 Å². The van der Waals surface area contributed by atoms with Crippen LogP contribution < -0.4 is 5.32 Å². The Bertz CT molecular complexity index is 459. The number of amides is 1. The maximum atomic E-state index is 12.4. The fourth-order valence-corrected chi connectivity index (χ4v) is 3.24. The summed E-state index contributed by atoms with van der Waals surface area (Å²) in [6.07, 6.45) is 3.69. The molecule has 19 heavy (non-hydrogen) atoms. The number of hydrogen-bond donors (Lipinski definition) is 1. The van der Waals surface area contributed by atoms with Gasteiger partial charge in [-0.2, -0.15) is 0 Å². The molecule has 1 aliphatic heterocycles. The van der Waals surface area contributed by atoms with Gasteiger partial charge in [0.15, 0.2) is 0 Å². The molecule has 0 radical (unpaired) electrons. The first kappa shape index (κ1) is 12.7. The van der Waals surface area contributed by atoms with E-state index in [1.807, 2.05) is 25.1 Å². The molecular weight excluding hydrogens is 236 g/mol. The number of nitrogens with zero attached hydrogens (tertiary/aromatic N) is 1. The molecule has 3 heteroatoms. The van der Waals surface area contributed by atoms with Crippen LogP contribution in [0.15, 0.2) is 30.3 Å². The van der Waals surface area contributed by atoms with Crippen molar-refractivity contribution < 1.29 is 4.79 Å². The van der Waals surface area contributed by atoms with Gasteiger partial charge in [0.25, 0.3) is 0 Å². The molecule has 1 aliphatic carbocycles. The van der Waals surface area contributed by atoms with E-state index in [-0.39, 0.29) is 18.1 Å². The molecule has 0 aromatic heterocycles. The summed E-state index contributed by atoms with van der Waals surface area (Å²) in [5.74, 6) is 0.977. The van der Waals surface area contributed by atoms with Crippen molar-refractivity contribution in [2.24, 2.45) is 5.92 Å². The van der Waals surface area contributed by atoms with Gasteiger partial charge in [0, 0.05) is 6.04 Å².